The summed E-state index contributed by atoms with van der Waals surface area (Å²) in [6.07, 6.45) is 10.3. The number of piperazine rings is 1. The topological polar surface area (TPSA) is 126 Å². The van der Waals surface area contributed by atoms with Gasteiger partial charge in [-0.25, -0.2) is 10.6 Å². The van der Waals surface area contributed by atoms with Crippen LogP contribution >= 0.6 is 0 Å². The van der Waals surface area contributed by atoms with E-state index in [1.54, 1.807) is 52.2 Å². The highest BCUT2D eigenvalue weighted by Gasteiger charge is 2.52. The minimum atomic E-state index is -0.795. The maximum Gasteiger partial charge on any atom is 0.332 e. The number of rotatable bonds is 11. The fraction of sp³-hybridized carbons (Fsp3) is 0.382. The van der Waals surface area contributed by atoms with Gasteiger partial charge in [-0.2, -0.15) is 5.01 Å². The SMILES string of the molecule is C=Cc1cccc(CN2C[C@H]3N(C(=O)CN3N(CCC)C(=O)NCC3=CCCC=C3)[C@@H](Cc3ccc(O)cc3)C2=O)c1N(C)N. The van der Waals surface area contributed by atoms with Gasteiger partial charge >= 0.3 is 6.03 Å². The number of hydrogen-bond acceptors (Lipinski definition) is 7. The molecule has 5 rings (SSSR count). The molecule has 3 aliphatic rings. The van der Waals surface area contributed by atoms with E-state index in [4.69, 9.17) is 5.84 Å². The summed E-state index contributed by atoms with van der Waals surface area (Å²) in [6.45, 7) is 7.18. The first-order valence-corrected chi connectivity index (χ1v) is 15.5. The molecule has 1 aliphatic carbocycles. The van der Waals surface area contributed by atoms with Crippen molar-refractivity contribution in [1.29, 1.82) is 0 Å². The monoisotopic (exact) mass is 613 g/mol. The molecule has 0 saturated carbocycles. The summed E-state index contributed by atoms with van der Waals surface area (Å²) in [5, 5.41) is 17.8. The highest BCUT2D eigenvalue weighted by molar-refractivity contribution is 5.92. The highest BCUT2D eigenvalue weighted by atomic mass is 16.3. The summed E-state index contributed by atoms with van der Waals surface area (Å²) in [7, 11) is 1.75. The number of benzene rings is 2. The van der Waals surface area contributed by atoms with Crippen molar-refractivity contribution in [2.75, 3.05) is 38.2 Å². The molecule has 2 heterocycles. The average Bonchev–Trinajstić information content (AvgIpc) is 3.36. The van der Waals surface area contributed by atoms with Gasteiger partial charge in [-0.15, -0.1) is 0 Å². The number of hydrazine groups is 2. The molecule has 11 heteroatoms. The molecule has 4 N–H and O–H groups in total. The molecule has 4 amide bonds. The van der Waals surface area contributed by atoms with Gasteiger partial charge in [0, 0.05) is 33.1 Å². The maximum absolute atomic E-state index is 14.2. The number of aromatic hydroxyl groups is 1. The number of phenolic OH excluding ortho intramolecular Hbond substituents is 1. The van der Waals surface area contributed by atoms with Gasteiger partial charge in [0.25, 0.3) is 0 Å². The fourth-order valence-electron chi connectivity index (χ4n) is 6.41. The Morgan fingerprint density at radius 1 is 1.18 bits per heavy atom. The van der Waals surface area contributed by atoms with Crippen LogP contribution < -0.4 is 16.2 Å². The summed E-state index contributed by atoms with van der Waals surface area (Å²) in [5.74, 6) is 5.95. The molecule has 0 unspecified atom stereocenters. The minimum absolute atomic E-state index is 0.0172. The molecule has 11 nitrogen and oxygen atoms in total. The van der Waals surface area contributed by atoms with Crippen molar-refractivity contribution >= 4 is 29.6 Å². The Hall–Kier alpha value is -4.61. The van der Waals surface area contributed by atoms with Crippen molar-refractivity contribution in [3.8, 4) is 5.75 Å². The number of carbonyl (C=O) groups excluding carboxylic acids is 3. The van der Waals surface area contributed by atoms with Crippen LogP contribution in [-0.2, 0) is 22.6 Å². The molecule has 2 saturated heterocycles. The second kappa shape index (κ2) is 14.0. The number of nitrogens with zero attached hydrogens (tertiary/aromatic N) is 5. The lowest BCUT2D eigenvalue weighted by Crippen LogP contribution is -2.66. The number of carbonyl (C=O) groups is 3. The Morgan fingerprint density at radius 2 is 1.96 bits per heavy atom. The number of nitrogens with two attached hydrogens (primary N) is 1. The number of para-hydroxylation sites is 1. The molecule has 45 heavy (non-hydrogen) atoms. The quantitative estimate of drug-likeness (QED) is 0.262. The number of phenols is 1. The van der Waals surface area contributed by atoms with Crippen LogP contribution in [0.3, 0.4) is 0 Å². The van der Waals surface area contributed by atoms with Crippen molar-refractivity contribution < 1.29 is 19.5 Å². The molecule has 0 spiro atoms. The molecule has 2 aliphatic heterocycles. The number of amides is 4. The Kier molecular flexibility index (Phi) is 9.90. The van der Waals surface area contributed by atoms with Gasteiger partial charge in [-0.3, -0.25) is 14.6 Å². The van der Waals surface area contributed by atoms with Crippen molar-refractivity contribution in [2.45, 2.75) is 51.4 Å². The van der Waals surface area contributed by atoms with Gasteiger partial charge in [0.1, 0.15) is 18.0 Å². The van der Waals surface area contributed by atoms with Crippen molar-refractivity contribution in [3.63, 3.8) is 0 Å². The highest BCUT2D eigenvalue weighted by Crippen LogP contribution is 2.32. The lowest BCUT2D eigenvalue weighted by Gasteiger charge is -2.46. The number of anilines is 1. The van der Waals surface area contributed by atoms with Crippen LogP contribution in [0.4, 0.5) is 10.5 Å². The summed E-state index contributed by atoms with van der Waals surface area (Å²) in [6, 6.07) is 11.3. The van der Waals surface area contributed by atoms with Gasteiger partial charge < -0.3 is 25.2 Å². The van der Waals surface area contributed by atoms with Crippen LogP contribution in [0.5, 0.6) is 5.75 Å². The number of hydrogen-bond donors (Lipinski definition) is 3. The largest absolute Gasteiger partial charge is 0.508 e. The molecule has 0 aromatic heterocycles. The first kappa shape index (κ1) is 31.8. The van der Waals surface area contributed by atoms with Gasteiger partial charge in [-0.05, 0) is 53.7 Å². The van der Waals surface area contributed by atoms with Crippen LogP contribution in [0.1, 0.15) is 42.9 Å². The number of nitrogens with one attached hydrogen (secondary N) is 1. The Balaban J connectivity index is 1.47. The Morgan fingerprint density at radius 3 is 2.62 bits per heavy atom. The number of urea groups is 1. The Labute approximate surface area is 264 Å². The standard InChI is InChI=1S/C34H43N7O4/c1-4-18-39(34(45)36-20-25-10-7-6-8-11-25)40-23-31(43)41-29(19-24-14-16-28(42)17-15-24)33(44)38(22-30(40)41)21-27-13-9-12-26(5-2)32(27)37(3)35/h5,7,9-17,29-30,42H,2,4,6,8,18-23,35H2,1,3H3,(H,36,45)/t29-,30+/m0/s1. The predicted octanol–water partition coefficient (Wildman–Crippen LogP) is 3.38. The molecule has 2 fully saturated rings. The van der Waals surface area contributed by atoms with Crippen molar-refractivity contribution in [3.05, 3.63) is 89.5 Å². The summed E-state index contributed by atoms with van der Waals surface area (Å²) < 4.78 is 0. The Bertz CT molecular complexity index is 1490. The molecule has 2 aromatic carbocycles. The molecule has 2 aromatic rings. The second-order valence-electron chi connectivity index (χ2n) is 11.7. The van der Waals surface area contributed by atoms with E-state index in [2.05, 4.69) is 24.0 Å². The maximum atomic E-state index is 14.2. The molecular formula is C34H43N7O4. The minimum Gasteiger partial charge on any atom is -0.508 e. The van der Waals surface area contributed by atoms with E-state index < -0.39 is 12.2 Å². The zero-order valence-electron chi connectivity index (χ0n) is 26.1. The van der Waals surface area contributed by atoms with Gasteiger partial charge in [0.2, 0.25) is 11.8 Å². The van der Waals surface area contributed by atoms with Crippen LogP contribution in [0, 0.1) is 0 Å². The smallest absolute Gasteiger partial charge is 0.332 e. The molecule has 0 bridgehead atoms. The fourth-order valence-corrected chi connectivity index (χ4v) is 6.41. The van der Waals surface area contributed by atoms with Crippen molar-refractivity contribution in [1.82, 2.24) is 25.1 Å². The third-order valence-corrected chi connectivity index (χ3v) is 8.51. The average molecular weight is 614 g/mol. The molecular weight excluding hydrogens is 570 g/mol. The molecule has 238 valence electrons. The van der Waals surface area contributed by atoms with E-state index in [9.17, 15) is 19.5 Å². The van der Waals surface area contributed by atoms with Crippen LogP contribution in [0.2, 0.25) is 0 Å². The number of fused-ring (bicyclic) bond motifs is 1. The first-order chi connectivity index (χ1) is 21.7. The van der Waals surface area contributed by atoms with E-state index in [0.717, 1.165) is 40.8 Å². The first-order valence-electron chi connectivity index (χ1n) is 15.5. The van der Waals surface area contributed by atoms with Crippen LogP contribution in [0.15, 0.2) is 72.8 Å². The normalized spacial score (nSPS) is 19.8. The molecule has 2 atom stereocenters. The summed E-state index contributed by atoms with van der Waals surface area (Å²) >= 11 is 0. The van der Waals surface area contributed by atoms with E-state index in [0.29, 0.717) is 19.5 Å². The second-order valence-corrected chi connectivity index (χ2v) is 11.7. The third-order valence-electron chi connectivity index (χ3n) is 8.51. The van der Waals surface area contributed by atoms with Gasteiger partial charge in [0.05, 0.1) is 18.8 Å². The summed E-state index contributed by atoms with van der Waals surface area (Å²) in [5.41, 5.74) is 4.31. The lowest BCUT2D eigenvalue weighted by molar-refractivity contribution is -0.157. The molecule has 0 radical (unpaired) electrons. The zero-order chi connectivity index (χ0) is 32.1. The lowest BCUT2D eigenvalue weighted by atomic mass is 9.99. The third kappa shape index (κ3) is 6.89. The van der Waals surface area contributed by atoms with Gasteiger partial charge in [0.15, 0.2) is 0 Å². The van der Waals surface area contributed by atoms with E-state index in [1.807, 2.05) is 36.2 Å². The number of allylic oxidation sites excluding steroid dienone is 2. The van der Waals surface area contributed by atoms with E-state index >= 15 is 0 Å². The van der Waals surface area contributed by atoms with E-state index in [1.165, 1.54) is 5.01 Å². The predicted molar refractivity (Wildman–Crippen MR) is 174 cm³/mol. The van der Waals surface area contributed by atoms with Crippen molar-refractivity contribution in [2.24, 2.45) is 5.84 Å². The van der Waals surface area contributed by atoms with Gasteiger partial charge in [-0.1, -0.05) is 68.1 Å². The van der Waals surface area contributed by atoms with E-state index in [-0.39, 0.29) is 49.7 Å². The zero-order valence-corrected chi connectivity index (χ0v) is 26.1. The van der Waals surface area contributed by atoms with Crippen LogP contribution in [-0.4, -0.2) is 88.2 Å². The summed E-state index contributed by atoms with van der Waals surface area (Å²) in [4.78, 5) is 45.0. The van der Waals surface area contributed by atoms with Crippen LogP contribution in [0.25, 0.3) is 6.08 Å².